The molecule has 0 aromatic heterocycles. The maximum absolute atomic E-state index is 11.9. The molecular weight excluding hydrogens is 376 g/mol. The fraction of sp³-hybridized carbons (Fsp3) is 0.0476. The lowest BCUT2D eigenvalue weighted by Gasteiger charge is -2.02. The van der Waals surface area contributed by atoms with Crippen molar-refractivity contribution in [3.8, 4) is 11.1 Å². The summed E-state index contributed by atoms with van der Waals surface area (Å²) in [4.78, 5) is 11.9. The van der Waals surface area contributed by atoms with Crippen LogP contribution in [0.25, 0.3) is 11.1 Å². The van der Waals surface area contributed by atoms with Gasteiger partial charge in [0, 0.05) is 4.47 Å². The first-order valence-corrected chi connectivity index (χ1v) is 8.72. The molecule has 0 spiro atoms. The Balaban J connectivity index is 1.55. The highest BCUT2D eigenvalue weighted by atomic mass is 79.9. The van der Waals surface area contributed by atoms with Crippen molar-refractivity contribution in [3.05, 3.63) is 94.5 Å². The molecule has 124 valence electrons. The number of hydrazone groups is 1. The van der Waals surface area contributed by atoms with E-state index in [1.54, 1.807) is 6.21 Å². The SMILES string of the molecule is O=C(Cc1ccc(Br)cc1)N/N=C/c1ccc(-c2ccccc2)cc1. The summed E-state index contributed by atoms with van der Waals surface area (Å²) in [5.74, 6) is -0.139. The zero-order valence-corrected chi connectivity index (χ0v) is 15.1. The highest BCUT2D eigenvalue weighted by Crippen LogP contribution is 2.18. The van der Waals surface area contributed by atoms with Crippen molar-refractivity contribution in [1.29, 1.82) is 0 Å². The number of nitrogens with one attached hydrogen (secondary N) is 1. The lowest BCUT2D eigenvalue weighted by Crippen LogP contribution is -2.19. The summed E-state index contributed by atoms with van der Waals surface area (Å²) in [6.07, 6.45) is 1.95. The highest BCUT2D eigenvalue weighted by molar-refractivity contribution is 9.10. The van der Waals surface area contributed by atoms with Crippen molar-refractivity contribution in [3.63, 3.8) is 0 Å². The molecule has 3 rings (SSSR count). The molecule has 0 aliphatic heterocycles. The van der Waals surface area contributed by atoms with Crippen LogP contribution in [-0.2, 0) is 11.2 Å². The highest BCUT2D eigenvalue weighted by Gasteiger charge is 2.02. The molecule has 0 aliphatic carbocycles. The van der Waals surface area contributed by atoms with Crippen molar-refractivity contribution in [2.45, 2.75) is 6.42 Å². The van der Waals surface area contributed by atoms with E-state index in [1.807, 2.05) is 66.7 Å². The smallest absolute Gasteiger partial charge is 0.244 e. The number of nitrogens with zero attached hydrogens (tertiary/aromatic N) is 1. The molecule has 0 radical (unpaired) electrons. The number of carbonyl (C=O) groups is 1. The fourth-order valence-corrected chi connectivity index (χ4v) is 2.66. The Bertz CT molecular complexity index is 857. The third-order valence-corrected chi connectivity index (χ3v) is 4.23. The molecule has 0 atom stereocenters. The van der Waals surface area contributed by atoms with E-state index in [9.17, 15) is 4.79 Å². The number of benzene rings is 3. The van der Waals surface area contributed by atoms with Gasteiger partial charge in [-0.2, -0.15) is 5.10 Å². The fourth-order valence-electron chi connectivity index (χ4n) is 2.40. The van der Waals surface area contributed by atoms with E-state index < -0.39 is 0 Å². The molecule has 1 amide bonds. The minimum atomic E-state index is -0.139. The van der Waals surface area contributed by atoms with Gasteiger partial charge in [0.15, 0.2) is 0 Å². The molecular formula is C21H17BrN2O. The van der Waals surface area contributed by atoms with Gasteiger partial charge in [0.05, 0.1) is 12.6 Å². The number of hydrogen-bond donors (Lipinski definition) is 1. The predicted octanol–water partition coefficient (Wildman–Crippen LogP) is 4.81. The molecule has 0 aliphatic rings. The molecule has 1 N–H and O–H groups in total. The molecule has 3 aromatic rings. The topological polar surface area (TPSA) is 41.5 Å². The largest absolute Gasteiger partial charge is 0.273 e. The van der Waals surface area contributed by atoms with E-state index in [1.165, 1.54) is 5.56 Å². The monoisotopic (exact) mass is 392 g/mol. The molecule has 0 bridgehead atoms. The summed E-state index contributed by atoms with van der Waals surface area (Å²) in [5.41, 5.74) is 6.77. The van der Waals surface area contributed by atoms with Gasteiger partial charge in [0.2, 0.25) is 5.91 Å². The van der Waals surface area contributed by atoms with Crippen molar-refractivity contribution in [2.75, 3.05) is 0 Å². The van der Waals surface area contributed by atoms with Crippen LogP contribution >= 0.6 is 15.9 Å². The lowest BCUT2D eigenvalue weighted by atomic mass is 10.0. The quantitative estimate of drug-likeness (QED) is 0.491. The Morgan fingerprint density at radius 3 is 2.20 bits per heavy atom. The van der Waals surface area contributed by atoms with Crippen molar-refractivity contribution in [2.24, 2.45) is 5.10 Å². The van der Waals surface area contributed by atoms with Crippen LogP contribution in [0.15, 0.2) is 88.4 Å². The van der Waals surface area contributed by atoms with Gasteiger partial charge in [-0.3, -0.25) is 4.79 Å². The van der Waals surface area contributed by atoms with Crippen LogP contribution in [0.5, 0.6) is 0 Å². The van der Waals surface area contributed by atoms with Crippen molar-refractivity contribution >= 4 is 28.1 Å². The van der Waals surface area contributed by atoms with Crippen LogP contribution in [0.1, 0.15) is 11.1 Å². The van der Waals surface area contributed by atoms with Gasteiger partial charge in [-0.1, -0.05) is 82.7 Å². The van der Waals surface area contributed by atoms with Gasteiger partial charge in [-0.05, 0) is 34.4 Å². The number of rotatable bonds is 5. The van der Waals surface area contributed by atoms with E-state index >= 15 is 0 Å². The molecule has 4 heteroatoms. The molecule has 0 saturated heterocycles. The summed E-state index contributed by atoms with van der Waals surface area (Å²) in [7, 11) is 0. The van der Waals surface area contributed by atoms with E-state index in [-0.39, 0.29) is 5.91 Å². The summed E-state index contributed by atoms with van der Waals surface area (Å²) in [5, 5.41) is 4.02. The zero-order chi connectivity index (χ0) is 17.5. The minimum absolute atomic E-state index is 0.139. The maximum atomic E-state index is 11.9. The average Bonchev–Trinajstić information content (AvgIpc) is 2.65. The summed E-state index contributed by atoms with van der Waals surface area (Å²) >= 11 is 3.38. The standard InChI is InChI=1S/C21H17BrN2O/c22-20-12-8-16(9-13-20)14-21(25)24-23-15-17-6-10-19(11-7-17)18-4-2-1-3-5-18/h1-13,15H,14H2,(H,24,25)/b23-15+. The van der Waals surface area contributed by atoms with E-state index in [0.29, 0.717) is 6.42 Å². The minimum Gasteiger partial charge on any atom is -0.273 e. The van der Waals surface area contributed by atoms with Crippen LogP contribution in [0.4, 0.5) is 0 Å². The van der Waals surface area contributed by atoms with Crippen LogP contribution < -0.4 is 5.43 Å². The van der Waals surface area contributed by atoms with Crippen molar-refractivity contribution < 1.29 is 4.79 Å². The number of carbonyl (C=O) groups excluding carboxylic acids is 1. The van der Waals surface area contributed by atoms with Gasteiger partial charge in [-0.25, -0.2) is 5.43 Å². The van der Waals surface area contributed by atoms with Gasteiger partial charge in [0.25, 0.3) is 0 Å². The Morgan fingerprint density at radius 1 is 0.880 bits per heavy atom. The maximum Gasteiger partial charge on any atom is 0.244 e. The summed E-state index contributed by atoms with van der Waals surface area (Å²) < 4.78 is 0.994. The second-order valence-corrected chi connectivity index (χ2v) is 6.50. The zero-order valence-electron chi connectivity index (χ0n) is 13.5. The lowest BCUT2D eigenvalue weighted by molar-refractivity contribution is -0.120. The molecule has 25 heavy (non-hydrogen) atoms. The summed E-state index contributed by atoms with van der Waals surface area (Å²) in [6, 6.07) is 25.9. The Kier molecular flexibility index (Phi) is 5.75. The second-order valence-electron chi connectivity index (χ2n) is 5.58. The van der Waals surface area contributed by atoms with Gasteiger partial charge in [-0.15, -0.1) is 0 Å². The number of hydrogen-bond acceptors (Lipinski definition) is 2. The molecule has 0 fully saturated rings. The molecule has 0 heterocycles. The van der Waals surface area contributed by atoms with Gasteiger partial charge in [0.1, 0.15) is 0 Å². The first kappa shape index (κ1) is 17.1. The third-order valence-electron chi connectivity index (χ3n) is 3.70. The first-order valence-electron chi connectivity index (χ1n) is 7.92. The second kappa shape index (κ2) is 8.40. The van der Waals surface area contributed by atoms with Crippen molar-refractivity contribution in [1.82, 2.24) is 5.43 Å². The van der Waals surface area contributed by atoms with Crippen LogP contribution in [0.3, 0.4) is 0 Å². The normalized spacial score (nSPS) is 10.8. The number of halogens is 1. The van der Waals surface area contributed by atoms with Crippen LogP contribution in [-0.4, -0.2) is 12.1 Å². The Hall–Kier alpha value is -2.72. The van der Waals surface area contributed by atoms with Crippen LogP contribution in [0, 0.1) is 0 Å². The Labute approximate surface area is 155 Å². The molecule has 0 unspecified atom stereocenters. The van der Waals surface area contributed by atoms with Crippen LogP contribution in [0.2, 0.25) is 0 Å². The Morgan fingerprint density at radius 2 is 1.52 bits per heavy atom. The molecule has 3 nitrogen and oxygen atoms in total. The molecule has 0 saturated carbocycles. The third kappa shape index (κ3) is 5.13. The first-order chi connectivity index (χ1) is 12.2. The predicted molar refractivity (Wildman–Crippen MR) is 105 cm³/mol. The summed E-state index contributed by atoms with van der Waals surface area (Å²) in [6.45, 7) is 0. The van der Waals surface area contributed by atoms with Gasteiger partial charge < -0.3 is 0 Å². The van der Waals surface area contributed by atoms with E-state index in [4.69, 9.17) is 0 Å². The van der Waals surface area contributed by atoms with Gasteiger partial charge >= 0.3 is 0 Å². The number of amides is 1. The molecule has 3 aromatic carbocycles. The van der Waals surface area contributed by atoms with E-state index in [2.05, 4.69) is 38.6 Å². The van der Waals surface area contributed by atoms with E-state index in [0.717, 1.165) is 21.2 Å². The average molecular weight is 393 g/mol.